The Bertz CT molecular complexity index is 1350. The van der Waals surface area contributed by atoms with Gasteiger partial charge in [0.15, 0.2) is 5.11 Å². The number of hydrogen-bond donors (Lipinski definition) is 1. The van der Waals surface area contributed by atoms with Crippen LogP contribution in [0.2, 0.25) is 0 Å². The first-order valence-electron chi connectivity index (χ1n) is 11.0. The molecule has 1 aliphatic heterocycles. The van der Waals surface area contributed by atoms with E-state index in [1.54, 1.807) is 24.3 Å². The lowest BCUT2D eigenvalue weighted by molar-refractivity contribution is -0.122. The standard InChI is InChI=1S/C28H23FN2O3S/c1-3-6-21-15-20(13-14-25(21)34-17-19-11-9-18(2)10-12-19)16-22-26(32)30-28(35)31(27(22)33)24-8-5-4-7-23(24)29/h3-5,7-16H,1,6,17H2,2H3,(H,30,32,35)/b22-16+. The van der Waals surface area contributed by atoms with E-state index in [-0.39, 0.29) is 16.4 Å². The predicted octanol–water partition coefficient (Wildman–Crippen LogP) is 5.27. The molecule has 35 heavy (non-hydrogen) atoms. The number of nitrogens with zero attached hydrogens (tertiary/aromatic N) is 1. The molecule has 0 aromatic heterocycles. The normalized spacial score (nSPS) is 14.7. The number of amides is 2. The first kappa shape index (κ1) is 24.0. The Morgan fingerprint density at radius 2 is 1.83 bits per heavy atom. The van der Waals surface area contributed by atoms with E-state index in [2.05, 4.69) is 11.9 Å². The van der Waals surface area contributed by atoms with Gasteiger partial charge < -0.3 is 4.74 Å². The maximum Gasteiger partial charge on any atom is 0.270 e. The molecular weight excluding hydrogens is 463 g/mol. The van der Waals surface area contributed by atoms with Crippen LogP contribution in [0.25, 0.3) is 6.08 Å². The van der Waals surface area contributed by atoms with Gasteiger partial charge in [0, 0.05) is 0 Å². The number of carbonyl (C=O) groups is 2. The summed E-state index contributed by atoms with van der Waals surface area (Å²) < 4.78 is 20.4. The monoisotopic (exact) mass is 486 g/mol. The van der Waals surface area contributed by atoms with Crippen LogP contribution in [-0.2, 0) is 22.6 Å². The van der Waals surface area contributed by atoms with Gasteiger partial charge in [0.05, 0.1) is 5.69 Å². The Balaban J connectivity index is 1.62. The third-order valence-corrected chi connectivity index (χ3v) is 5.75. The number of hydrogen-bond acceptors (Lipinski definition) is 4. The Kier molecular flexibility index (Phi) is 7.17. The first-order valence-corrected chi connectivity index (χ1v) is 11.4. The topological polar surface area (TPSA) is 58.6 Å². The second-order valence-corrected chi connectivity index (χ2v) is 8.43. The van der Waals surface area contributed by atoms with Gasteiger partial charge in [0.2, 0.25) is 0 Å². The molecule has 0 spiro atoms. The summed E-state index contributed by atoms with van der Waals surface area (Å²) in [7, 11) is 0. The molecule has 0 saturated carbocycles. The lowest BCUT2D eigenvalue weighted by atomic mass is 10.0. The van der Waals surface area contributed by atoms with Gasteiger partial charge in [-0.2, -0.15) is 0 Å². The molecule has 0 unspecified atom stereocenters. The average molecular weight is 487 g/mol. The van der Waals surface area contributed by atoms with Gasteiger partial charge in [0.1, 0.15) is 23.7 Å². The van der Waals surface area contributed by atoms with E-state index in [1.165, 1.54) is 29.8 Å². The van der Waals surface area contributed by atoms with Gasteiger partial charge in [-0.1, -0.05) is 54.1 Å². The van der Waals surface area contributed by atoms with Crippen LogP contribution in [-0.4, -0.2) is 16.9 Å². The highest BCUT2D eigenvalue weighted by atomic mass is 32.1. The average Bonchev–Trinajstić information content (AvgIpc) is 2.83. The number of para-hydroxylation sites is 1. The van der Waals surface area contributed by atoms with Crippen LogP contribution in [0.4, 0.5) is 10.1 Å². The van der Waals surface area contributed by atoms with Crippen LogP contribution < -0.4 is 15.0 Å². The van der Waals surface area contributed by atoms with Crippen LogP contribution in [0.15, 0.2) is 85.0 Å². The van der Waals surface area contributed by atoms with Crippen molar-refractivity contribution in [2.75, 3.05) is 4.90 Å². The van der Waals surface area contributed by atoms with Gasteiger partial charge in [0.25, 0.3) is 11.8 Å². The highest BCUT2D eigenvalue weighted by Crippen LogP contribution is 2.27. The minimum Gasteiger partial charge on any atom is -0.489 e. The number of benzene rings is 3. The minimum absolute atomic E-state index is 0.0272. The summed E-state index contributed by atoms with van der Waals surface area (Å²) in [5, 5.41) is 2.30. The van der Waals surface area contributed by atoms with E-state index in [0.29, 0.717) is 24.3 Å². The minimum atomic E-state index is -0.700. The van der Waals surface area contributed by atoms with Gasteiger partial charge in [-0.15, -0.1) is 6.58 Å². The second-order valence-electron chi connectivity index (χ2n) is 8.04. The van der Waals surface area contributed by atoms with Crippen molar-refractivity contribution in [1.29, 1.82) is 0 Å². The van der Waals surface area contributed by atoms with Crippen molar-refractivity contribution in [1.82, 2.24) is 5.32 Å². The summed E-state index contributed by atoms with van der Waals surface area (Å²) >= 11 is 5.14. The number of carbonyl (C=O) groups excluding carboxylic acids is 2. The van der Waals surface area contributed by atoms with Crippen LogP contribution in [0.3, 0.4) is 0 Å². The summed E-state index contributed by atoms with van der Waals surface area (Å²) in [5.41, 5.74) is 3.51. The van der Waals surface area contributed by atoms with Gasteiger partial charge in [-0.3, -0.25) is 14.9 Å². The molecule has 176 valence electrons. The van der Waals surface area contributed by atoms with Gasteiger partial charge in [-0.25, -0.2) is 9.29 Å². The van der Waals surface area contributed by atoms with Crippen molar-refractivity contribution in [2.45, 2.75) is 20.0 Å². The number of thiocarbonyl (C=S) groups is 1. The smallest absolute Gasteiger partial charge is 0.270 e. The molecule has 1 fully saturated rings. The Morgan fingerprint density at radius 3 is 2.54 bits per heavy atom. The van der Waals surface area contributed by atoms with Crippen molar-refractivity contribution in [3.63, 3.8) is 0 Å². The first-order chi connectivity index (χ1) is 16.9. The van der Waals surface area contributed by atoms with E-state index in [1.807, 2.05) is 37.3 Å². The number of rotatable bonds is 7. The lowest BCUT2D eigenvalue weighted by Crippen LogP contribution is -2.54. The zero-order chi connectivity index (χ0) is 24.9. The maximum atomic E-state index is 14.4. The van der Waals surface area contributed by atoms with Crippen molar-refractivity contribution in [2.24, 2.45) is 0 Å². The molecule has 0 radical (unpaired) electrons. The summed E-state index contributed by atoms with van der Waals surface area (Å²) in [6, 6.07) is 19.2. The molecule has 0 bridgehead atoms. The van der Waals surface area contributed by atoms with E-state index in [9.17, 15) is 14.0 Å². The number of ether oxygens (including phenoxy) is 1. The summed E-state index contributed by atoms with van der Waals surface area (Å²) in [6.45, 7) is 6.24. The molecule has 1 N–H and O–H groups in total. The zero-order valence-corrected chi connectivity index (χ0v) is 19.9. The SMILES string of the molecule is C=CCc1cc(/C=C2\C(=O)NC(=S)N(c3ccccc3F)C2=O)ccc1OCc1ccc(C)cc1. The molecule has 0 atom stereocenters. The largest absolute Gasteiger partial charge is 0.489 e. The summed E-state index contributed by atoms with van der Waals surface area (Å²) in [6.07, 6.45) is 3.75. The zero-order valence-electron chi connectivity index (χ0n) is 19.1. The van der Waals surface area contributed by atoms with Crippen molar-refractivity contribution < 1.29 is 18.7 Å². The fourth-order valence-corrected chi connectivity index (χ4v) is 3.94. The third kappa shape index (κ3) is 5.36. The van der Waals surface area contributed by atoms with E-state index in [4.69, 9.17) is 17.0 Å². The van der Waals surface area contributed by atoms with Crippen LogP contribution in [0, 0.1) is 12.7 Å². The number of nitrogens with one attached hydrogen (secondary N) is 1. The Hall–Kier alpha value is -4.10. The number of aryl methyl sites for hydroxylation is 1. The third-order valence-electron chi connectivity index (χ3n) is 5.47. The highest BCUT2D eigenvalue weighted by molar-refractivity contribution is 7.80. The Labute approximate surface area is 208 Å². The molecule has 1 saturated heterocycles. The van der Waals surface area contributed by atoms with Gasteiger partial charge in [-0.05, 0) is 72.6 Å². The molecule has 7 heteroatoms. The van der Waals surface area contributed by atoms with Crippen molar-refractivity contribution in [3.05, 3.63) is 113 Å². The molecule has 4 rings (SSSR count). The molecule has 0 aliphatic carbocycles. The Morgan fingerprint density at radius 1 is 1.09 bits per heavy atom. The molecule has 3 aromatic carbocycles. The summed E-state index contributed by atoms with van der Waals surface area (Å²) in [4.78, 5) is 26.7. The quantitative estimate of drug-likeness (QED) is 0.214. The number of halogens is 1. The van der Waals surface area contributed by atoms with Crippen molar-refractivity contribution in [3.8, 4) is 5.75 Å². The predicted molar refractivity (Wildman–Crippen MR) is 138 cm³/mol. The molecule has 5 nitrogen and oxygen atoms in total. The molecule has 1 aliphatic rings. The lowest BCUT2D eigenvalue weighted by Gasteiger charge is -2.29. The molecule has 1 heterocycles. The molecule has 3 aromatic rings. The van der Waals surface area contributed by atoms with Crippen LogP contribution >= 0.6 is 12.2 Å². The number of anilines is 1. The number of allylic oxidation sites excluding steroid dienone is 1. The van der Waals surface area contributed by atoms with Gasteiger partial charge >= 0.3 is 0 Å². The van der Waals surface area contributed by atoms with Crippen LogP contribution in [0.1, 0.15) is 22.3 Å². The van der Waals surface area contributed by atoms with Crippen molar-refractivity contribution >= 4 is 40.9 Å². The van der Waals surface area contributed by atoms with Crippen LogP contribution in [0.5, 0.6) is 5.75 Å². The van der Waals surface area contributed by atoms with E-state index in [0.717, 1.165) is 16.0 Å². The molecular formula is C28H23FN2O3S. The fourth-order valence-electron chi connectivity index (χ4n) is 3.67. The second kappa shape index (κ2) is 10.4. The maximum absolute atomic E-state index is 14.4. The van der Waals surface area contributed by atoms with E-state index < -0.39 is 17.6 Å². The molecule has 2 amide bonds. The summed E-state index contributed by atoms with van der Waals surface area (Å²) in [5.74, 6) is -1.28. The highest BCUT2D eigenvalue weighted by Gasteiger charge is 2.35. The fraction of sp³-hybridized carbons (Fsp3) is 0.107. The van der Waals surface area contributed by atoms with E-state index >= 15 is 0 Å².